The molecule has 0 radical (unpaired) electrons. The summed E-state index contributed by atoms with van der Waals surface area (Å²) in [5.41, 5.74) is 0.230. The third-order valence-corrected chi connectivity index (χ3v) is 2.30. The molecule has 6 heteroatoms. The molecule has 0 spiro atoms. The number of aliphatic hydroxyl groups is 1. The summed E-state index contributed by atoms with van der Waals surface area (Å²) in [6.45, 7) is 3.77. The molecule has 0 atom stereocenters. The van der Waals surface area contributed by atoms with Crippen LogP contribution in [-0.2, 0) is 4.65 Å². The van der Waals surface area contributed by atoms with E-state index in [2.05, 4.69) is 4.98 Å². The third kappa shape index (κ3) is 3.82. The molecule has 0 unspecified atom stereocenters. The fourth-order valence-corrected chi connectivity index (χ4v) is 1.15. The van der Waals surface area contributed by atoms with Crippen molar-refractivity contribution in [2.75, 3.05) is 13.2 Å². The van der Waals surface area contributed by atoms with E-state index in [1.165, 1.54) is 18.5 Å². The Morgan fingerprint density at radius 3 is 2.88 bits per heavy atom. The molecule has 5 nitrogen and oxygen atoms in total. The maximum atomic E-state index is 9.80. The van der Waals surface area contributed by atoms with Crippen molar-refractivity contribution >= 4 is 12.6 Å². The van der Waals surface area contributed by atoms with Crippen molar-refractivity contribution in [3.63, 3.8) is 0 Å². The number of nitriles is 1. The van der Waals surface area contributed by atoms with Crippen molar-refractivity contribution in [3.8, 4) is 6.07 Å². The molecular weight excluding hydrogens is 219 g/mol. The Labute approximate surface area is 101 Å². The summed E-state index contributed by atoms with van der Waals surface area (Å²) in [5.74, 6) is 0. The van der Waals surface area contributed by atoms with Gasteiger partial charge in [0.25, 0.3) is 0 Å². The van der Waals surface area contributed by atoms with Crippen molar-refractivity contribution in [2.45, 2.75) is 13.8 Å². The molecule has 0 aliphatic heterocycles. The van der Waals surface area contributed by atoms with Crippen LogP contribution >= 0.6 is 0 Å². The number of hydrogen-bond donors (Lipinski definition) is 2. The summed E-state index contributed by atoms with van der Waals surface area (Å²) in [6.07, 6.45) is 2.88. The van der Waals surface area contributed by atoms with Gasteiger partial charge in [0.2, 0.25) is 0 Å². The summed E-state index contributed by atoms with van der Waals surface area (Å²) in [4.78, 5) is 3.84. The predicted molar refractivity (Wildman–Crippen MR) is 63.4 cm³/mol. The molecule has 0 aromatic carbocycles. The number of hydrogen-bond acceptors (Lipinski definition) is 5. The second-order valence-electron chi connectivity index (χ2n) is 4.56. The zero-order valence-corrected chi connectivity index (χ0v) is 9.92. The molecule has 1 heterocycles. The highest BCUT2D eigenvalue weighted by Crippen LogP contribution is 2.13. The highest BCUT2D eigenvalue weighted by molar-refractivity contribution is 6.60. The monoisotopic (exact) mass is 234 g/mol. The van der Waals surface area contributed by atoms with Gasteiger partial charge < -0.3 is 14.8 Å². The van der Waals surface area contributed by atoms with Crippen LogP contribution in [0, 0.1) is 16.7 Å². The normalized spacial score (nSPS) is 11.0. The van der Waals surface area contributed by atoms with Gasteiger partial charge in [-0.1, -0.05) is 13.8 Å². The van der Waals surface area contributed by atoms with Crippen LogP contribution in [0.2, 0.25) is 0 Å². The number of rotatable bonds is 5. The number of pyridine rings is 1. The molecular formula is C11H15BN2O3. The van der Waals surface area contributed by atoms with E-state index < -0.39 is 12.5 Å². The van der Waals surface area contributed by atoms with Gasteiger partial charge in [-0.3, -0.25) is 4.98 Å². The van der Waals surface area contributed by atoms with Crippen molar-refractivity contribution in [2.24, 2.45) is 5.41 Å². The molecule has 0 saturated carbocycles. The summed E-state index contributed by atoms with van der Waals surface area (Å²) >= 11 is 0. The highest BCUT2D eigenvalue weighted by atomic mass is 16.5. The van der Waals surface area contributed by atoms with Gasteiger partial charge in [0.15, 0.2) is 0 Å². The number of aromatic nitrogens is 1. The number of nitrogens with zero attached hydrogens (tertiary/aromatic N) is 2. The average molecular weight is 234 g/mol. The van der Waals surface area contributed by atoms with Crippen molar-refractivity contribution in [1.82, 2.24) is 4.98 Å². The highest BCUT2D eigenvalue weighted by Gasteiger charge is 2.25. The Hall–Kier alpha value is -1.42. The maximum Gasteiger partial charge on any atom is 0.494 e. The Kier molecular flexibility index (Phi) is 4.64. The van der Waals surface area contributed by atoms with E-state index in [0.29, 0.717) is 11.0 Å². The summed E-state index contributed by atoms with van der Waals surface area (Å²) in [5, 5.41) is 27.7. The van der Waals surface area contributed by atoms with Crippen LogP contribution < -0.4 is 5.46 Å². The molecule has 90 valence electrons. The minimum atomic E-state index is -1.20. The van der Waals surface area contributed by atoms with Gasteiger partial charge in [-0.25, -0.2) is 0 Å². The molecule has 0 fully saturated rings. The third-order valence-electron chi connectivity index (χ3n) is 2.30. The summed E-state index contributed by atoms with van der Waals surface area (Å²) in [6, 6.07) is 3.47. The first kappa shape index (κ1) is 13.6. The Morgan fingerprint density at radius 2 is 2.29 bits per heavy atom. The Morgan fingerprint density at radius 1 is 1.59 bits per heavy atom. The molecule has 17 heavy (non-hydrogen) atoms. The van der Waals surface area contributed by atoms with E-state index in [9.17, 15) is 5.02 Å². The minimum absolute atomic E-state index is 0.0438. The minimum Gasteiger partial charge on any atom is -0.423 e. The maximum absolute atomic E-state index is 9.80. The second kappa shape index (κ2) is 5.78. The van der Waals surface area contributed by atoms with Gasteiger partial charge >= 0.3 is 7.12 Å². The Bertz CT molecular complexity index is 417. The van der Waals surface area contributed by atoms with E-state index in [1.807, 2.05) is 19.9 Å². The fraction of sp³-hybridized carbons (Fsp3) is 0.455. The summed E-state index contributed by atoms with van der Waals surface area (Å²) in [7, 11) is -1.20. The lowest BCUT2D eigenvalue weighted by molar-refractivity contribution is 0.0886. The van der Waals surface area contributed by atoms with E-state index >= 15 is 0 Å². The van der Waals surface area contributed by atoms with Crippen LogP contribution in [0.15, 0.2) is 18.5 Å². The first-order valence-corrected chi connectivity index (χ1v) is 5.25. The van der Waals surface area contributed by atoms with Gasteiger partial charge in [0.05, 0.1) is 18.2 Å². The van der Waals surface area contributed by atoms with Gasteiger partial charge in [-0.05, 0) is 6.07 Å². The zero-order chi connectivity index (χ0) is 12.9. The van der Waals surface area contributed by atoms with Crippen LogP contribution in [0.1, 0.15) is 19.4 Å². The van der Waals surface area contributed by atoms with Gasteiger partial charge in [-0.15, -0.1) is 0 Å². The first-order valence-electron chi connectivity index (χ1n) is 5.25. The lowest BCUT2D eigenvalue weighted by atomic mass is 9.77. The quantitative estimate of drug-likeness (QED) is 0.681. The van der Waals surface area contributed by atoms with Gasteiger partial charge in [-0.2, -0.15) is 5.26 Å². The van der Waals surface area contributed by atoms with Crippen molar-refractivity contribution < 1.29 is 14.8 Å². The molecule has 1 rings (SSSR count). The topological polar surface area (TPSA) is 86.4 Å². The predicted octanol–water partition coefficient (Wildman–Crippen LogP) is -0.324. The average Bonchev–Trinajstić information content (AvgIpc) is 2.36. The van der Waals surface area contributed by atoms with Crippen LogP contribution in [0.4, 0.5) is 0 Å². The van der Waals surface area contributed by atoms with Gasteiger partial charge in [0.1, 0.15) is 0 Å². The number of aliphatic hydroxyl groups excluding tert-OH is 1. The first-order chi connectivity index (χ1) is 8.00. The second-order valence-corrected chi connectivity index (χ2v) is 4.56. The van der Waals surface area contributed by atoms with Crippen LogP contribution in [0.25, 0.3) is 0 Å². The van der Waals surface area contributed by atoms with Crippen molar-refractivity contribution in [3.05, 3.63) is 24.0 Å². The molecule has 2 N–H and O–H groups in total. The molecule has 0 amide bonds. The van der Waals surface area contributed by atoms with Crippen molar-refractivity contribution in [1.29, 1.82) is 5.26 Å². The van der Waals surface area contributed by atoms with Crippen LogP contribution in [-0.4, -0.2) is 35.4 Å². The fourth-order valence-electron chi connectivity index (χ4n) is 1.15. The lowest BCUT2D eigenvalue weighted by Crippen LogP contribution is -2.39. The van der Waals surface area contributed by atoms with Crippen LogP contribution in [0.3, 0.4) is 0 Å². The zero-order valence-electron chi connectivity index (χ0n) is 9.92. The van der Waals surface area contributed by atoms with E-state index in [-0.39, 0.29) is 13.2 Å². The molecule has 0 bridgehead atoms. The van der Waals surface area contributed by atoms with Gasteiger partial charge in [0, 0.05) is 29.9 Å². The van der Waals surface area contributed by atoms with E-state index in [1.54, 1.807) is 0 Å². The molecule has 0 saturated heterocycles. The van der Waals surface area contributed by atoms with Crippen LogP contribution in [0.5, 0.6) is 0 Å². The Balaban J connectivity index is 2.71. The largest absolute Gasteiger partial charge is 0.494 e. The van der Waals surface area contributed by atoms with E-state index in [0.717, 1.165) is 0 Å². The molecule has 1 aromatic rings. The summed E-state index contributed by atoms with van der Waals surface area (Å²) < 4.78 is 5.23. The smallest absolute Gasteiger partial charge is 0.423 e. The molecule has 0 aliphatic carbocycles. The SMILES string of the molecule is CC(C)(CO)COB(O)c1cnccc1C#N. The molecule has 1 aromatic heterocycles. The molecule has 0 aliphatic rings. The lowest BCUT2D eigenvalue weighted by Gasteiger charge is -2.22. The standard InChI is InChI=1S/C11H15BN2O3/c1-11(2,7-15)8-17-12(16)10-6-14-4-3-9(10)5-13/h3-4,6,15-16H,7-8H2,1-2H3. The van der Waals surface area contributed by atoms with E-state index in [4.69, 9.17) is 15.0 Å².